The van der Waals surface area contributed by atoms with E-state index in [4.69, 9.17) is 26.4 Å². The molecule has 4 rings (SSSR count). The first-order valence-electron chi connectivity index (χ1n) is 12.5. The number of hydrogen-bond donors (Lipinski definition) is 2. The molecule has 0 fully saturated rings. The average molecular weight is 533 g/mol. The van der Waals surface area contributed by atoms with Gasteiger partial charge in [-0.05, 0) is 73.9 Å². The Labute approximate surface area is 228 Å². The molecule has 1 unspecified atom stereocenters. The van der Waals surface area contributed by atoms with Crippen LogP contribution in [0.25, 0.3) is 0 Å². The van der Waals surface area contributed by atoms with E-state index >= 15 is 0 Å². The van der Waals surface area contributed by atoms with Crippen LogP contribution >= 0.6 is 12.2 Å². The number of thiocarbonyl (C=S) groups is 1. The van der Waals surface area contributed by atoms with Gasteiger partial charge in [0.2, 0.25) is 0 Å². The van der Waals surface area contributed by atoms with Crippen LogP contribution in [0, 0.1) is 0 Å². The number of nitrogens with zero attached hydrogens (tertiary/aromatic N) is 2. The molecule has 0 saturated heterocycles. The molecule has 0 spiro atoms. The summed E-state index contributed by atoms with van der Waals surface area (Å²) in [6.45, 7) is 8.18. The summed E-state index contributed by atoms with van der Waals surface area (Å²) in [5.74, 6) is 1.16. The quantitative estimate of drug-likeness (QED) is 0.222. The summed E-state index contributed by atoms with van der Waals surface area (Å²) in [6.07, 6.45) is 3.97. The van der Waals surface area contributed by atoms with E-state index in [0.29, 0.717) is 35.6 Å². The van der Waals surface area contributed by atoms with E-state index in [-0.39, 0.29) is 6.61 Å². The Morgan fingerprint density at radius 3 is 2.68 bits per heavy atom. The number of hydrogen-bond acceptors (Lipinski definition) is 7. The number of benzene rings is 2. The van der Waals surface area contributed by atoms with E-state index in [1.165, 1.54) is 5.56 Å². The molecule has 2 aromatic carbocycles. The molecule has 0 radical (unpaired) electrons. The zero-order chi connectivity index (χ0) is 27.1. The molecule has 1 aromatic heterocycles. The summed E-state index contributed by atoms with van der Waals surface area (Å²) in [5.41, 5.74) is 6.79. The van der Waals surface area contributed by atoms with Crippen LogP contribution in [0.5, 0.6) is 11.5 Å². The fraction of sp³-hybridized carbons (Fsp3) is 0.310. The Balaban J connectivity index is 1.57. The molecule has 0 amide bonds. The van der Waals surface area contributed by atoms with Crippen molar-refractivity contribution in [3.05, 3.63) is 83.7 Å². The first-order valence-corrected chi connectivity index (χ1v) is 12.9. The monoisotopic (exact) mass is 532 g/mol. The van der Waals surface area contributed by atoms with Crippen molar-refractivity contribution < 1.29 is 19.0 Å². The standard InChI is InChI=1S/C29H32N4O4S/c1-5-35-27(34)18-36-23-12-13-26-24(15-23)25(16-29(4,37-26)21-7-6-14-30-17-21)32-33-28(38)31-22-10-8-20(9-11-22)19(2)3/h6-15,17,19H,5,16,18H2,1-4H3,(H2,31,33,38). The van der Waals surface area contributed by atoms with Gasteiger partial charge in [0, 0.05) is 35.6 Å². The van der Waals surface area contributed by atoms with Gasteiger partial charge >= 0.3 is 5.97 Å². The highest BCUT2D eigenvalue weighted by Crippen LogP contribution is 2.40. The van der Waals surface area contributed by atoms with E-state index < -0.39 is 11.6 Å². The number of ether oxygens (including phenoxy) is 3. The lowest BCUT2D eigenvalue weighted by Gasteiger charge is -2.36. The average Bonchev–Trinajstić information content (AvgIpc) is 2.91. The summed E-state index contributed by atoms with van der Waals surface area (Å²) < 4.78 is 17.0. The van der Waals surface area contributed by atoms with Crippen molar-refractivity contribution in [2.24, 2.45) is 5.10 Å². The Kier molecular flexibility index (Phi) is 8.58. The topological polar surface area (TPSA) is 94.1 Å². The second-order valence-electron chi connectivity index (χ2n) is 9.40. The molecule has 9 heteroatoms. The third-order valence-electron chi connectivity index (χ3n) is 6.16. The van der Waals surface area contributed by atoms with Crippen molar-refractivity contribution in [2.75, 3.05) is 18.5 Å². The van der Waals surface area contributed by atoms with Gasteiger partial charge in [-0.1, -0.05) is 32.0 Å². The fourth-order valence-corrected chi connectivity index (χ4v) is 4.28. The number of carbonyl (C=O) groups is 1. The molecule has 2 heterocycles. The largest absolute Gasteiger partial charge is 0.482 e. The van der Waals surface area contributed by atoms with Crippen LogP contribution in [0.1, 0.15) is 56.7 Å². The van der Waals surface area contributed by atoms with Gasteiger partial charge in [-0.3, -0.25) is 10.4 Å². The minimum atomic E-state index is -0.698. The highest BCUT2D eigenvalue weighted by atomic mass is 32.1. The van der Waals surface area contributed by atoms with Crippen LogP contribution in [0.4, 0.5) is 5.69 Å². The Bertz CT molecular complexity index is 1310. The maximum atomic E-state index is 11.8. The van der Waals surface area contributed by atoms with Crippen LogP contribution in [0.2, 0.25) is 0 Å². The van der Waals surface area contributed by atoms with Gasteiger partial charge in [-0.15, -0.1) is 0 Å². The number of esters is 1. The Hall–Kier alpha value is -3.98. The zero-order valence-electron chi connectivity index (χ0n) is 22.0. The summed E-state index contributed by atoms with van der Waals surface area (Å²) >= 11 is 5.51. The summed E-state index contributed by atoms with van der Waals surface area (Å²) in [5, 5.41) is 8.21. The molecule has 198 valence electrons. The SMILES string of the molecule is CCOC(=O)COc1ccc2c(c1)C(=NNC(=S)Nc1ccc(C(C)C)cc1)CC(C)(c1cccnc1)O2. The van der Waals surface area contributed by atoms with Crippen LogP contribution < -0.4 is 20.2 Å². The molecule has 1 atom stereocenters. The van der Waals surface area contributed by atoms with Gasteiger partial charge in [-0.25, -0.2) is 4.79 Å². The molecule has 0 saturated carbocycles. The van der Waals surface area contributed by atoms with Crippen LogP contribution in [0.15, 0.2) is 72.1 Å². The fourth-order valence-electron chi connectivity index (χ4n) is 4.12. The van der Waals surface area contributed by atoms with Gasteiger partial charge in [0.05, 0.1) is 12.3 Å². The van der Waals surface area contributed by atoms with Crippen LogP contribution in [-0.4, -0.2) is 35.0 Å². The zero-order valence-corrected chi connectivity index (χ0v) is 22.8. The smallest absolute Gasteiger partial charge is 0.344 e. The highest BCUT2D eigenvalue weighted by Gasteiger charge is 2.37. The van der Waals surface area contributed by atoms with E-state index in [9.17, 15) is 4.79 Å². The van der Waals surface area contributed by atoms with Crippen molar-refractivity contribution >= 4 is 34.7 Å². The Morgan fingerprint density at radius 2 is 2.00 bits per heavy atom. The number of hydrazone groups is 1. The number of fused-ring (bicyclic) bond motifs is 1. The molecule has 3 aromatic rings. The predicted octanol–water partition coefficient (Wildman–Crippen LogP) is 5.54. The second-order valence-corrected chi connectivity index (χ2v) is 9.81. The number of anilines is 1. The third-order valence-corrected chi connectivity index (χ3v) is 6.36. The minimum Gasteiger partial charge on any atom is -0.482 e. The number of pyridine rings is 1. The van der Waals surface area contributed by atoms with Gasteiger partial charge in [0.15, 0.2) is 11.7 Å². The lowest BCUT2D eigenvalue weighted by molar-refractivity contribution is -0.145. The van der Waals surface area contributed by atoms with Crippen LogP contribution in [-0.2, 0) is 15.1 Å². The lowest BCUT2D eigenvalue weighted by atomic mass is 9.86. The van der Waals surface area contributed by atoms with E-state index in [1.807, 2.05) is 37.3 Å². The van der Waals surface area contributed by atoms with E-state index in [0.717, 1.165) is 22.5 Å². The van der Waals surface area contributed by atoms with Gasteiger partial charge < -0.3 is 19.5 Å². The van der Waals surface area contributed by atoms with Crippen molar-refractivity contribution in [2.45, 2.75) is 45.6 Å². The van der Waals surface area contributed by atoms with Gasteiger partial charge in [0.25, 0.3) is 0 Å². The minimum absolute atomic E-state index is 0.185. The molecule has 1 aliphatic rings. The molecule has 8 nitrogen and oxygen atoms in total. The normalized spacial score (nSPS) is 17.3. The van der Waals surface area contributed by atoms with Crippen LogP contribution in [0.3, 0.4) is 0 Å². The van der Waals surface area contributed by atoms with Crippen molar-refractivity contribution in [3.63, 3.8) is 0 Å². The van der Waals surface area contributed by atoms with Gasteiger partial charge in [0.1, 0.15) is 17.1 Å². The number of carbonyl (C=O) groups excluding carboxylic acids is 1. The molecule has 2 N–H and O–H groups in total. The molecule has 0 aliphatic carbocycles. The highest BCUT2D eigenvalue weighted by molar-refractivity contribution is 7.80. The van der Waals surface area contributed by atoms with Crippen molar-refractivity contribution in [1.29, 1.82) is 0 Å². The maximum absolute atomic E-state index is 11.8. The lowest BCUT2D eigenvalue weighted by Crippen LogP contribution is -2.38. The van der Waals surface area contributed by atoms with Gasteiger partial charge in [-0.2, -0.15) is 5.10 Å². The first-order chi connectivity index (χ1) is 18.3. The molecule has 1 aliphatic heterocycles. The van der Waals surface area contributed by atoms with E-state index in [2.05, 4.69) is 46.8 Å². The van der Waals surface area contributed by atoms with Crippen molar-refractivity contribution in [3.8, 4) is 11.5 Å². The molecular weight excluding hydrogens is 500 g/mol. The summed E-state index contributed by atoms with van der Waals surface area (Å²) in [6, 6.07) is 17.4. The van der Waals surface area contributed by atoms with Crippen molar-refractivity contribution in [1.82, 2.24) is 10.4 Å². The number of aromatic nitrogens is 1. The summed E-state index contributed by atoms with van der Waals surface area (Å²) in [4.78, 5) is 16.0. The number of nitrogens with one attached hydrogen (secondary N) is 2. The molecule has 38 heavy (non-hydrogen) atoms. The second kappa shape index (κ2) is 12.0. The van der Waals surface area contributed by atoms with E-state index in [1.54, 1.807) is 31.5 Å². The summed E-state index contributed by atoms with van der Waals surface area (Å²) in [7, 11) is 0. The first kappa shape index (κ1) is 27.1. The molecular formula is C29H32N4O4S. The number of rotatable bonds is 8. The maximum Gasteiger partial charge on any atom is 0.344 e. The third kappa shape index (κ3) is 6.66. The Morgan fingerprint density at radius 1 is 1.21 bits per heavy atom. The predicted molar refractivity (Wildman–Crippen MR) is 152 cm³/mol. The molecule has 0 bridgehead atoms.